The molecule has 0 amide bonds. The minimum absolute atomic E-state index is 0.0449. The number of benzene rings is 2. The monoisotopic (exact) mass is 352 g/mol. The van der Waals surface area contributed by atoms with E-state index in [1.54, 1.807) is 13.0 Å². The second-order valence-corrected chi connectivity index (χ2v) is 5.35. The number of halogens is 1. The van der Waals surface area contributed by atoms with Crippen molar-refractivity contribution in [2.24, 2.45) is 0 Å². The lowest BCUT2D eigenvalue weighted by atomic mass is 10.1. The Morgan fingerprint density at radius 2 is 1.86 bits per heavy atom. The van der Waals surface area contributed by atoms with Crippen LogP contribution in [0.2, 0.25) is 0 Å². The molecule has 7 heteroatoms. The van der Waals surface area contributed by atoms with Gasteiger partial charge in [-0.2, -0.15) is 0 Å². The van der Waals surface area contributed by atoms with Crippen molar-refractivity contribution < 1.29 is 15.1 Å². The molecule has 0 spiro atoms. The van der Waals surface area contributed by atoms with Gasteiger partial charge in [-0.3, -0.25) is 10.1 Å². The molecule has 0 fully saturated rings. The molecule has 21 heavy (non-hydrogen) atoms. The van der Waals surface area contributed by atoms with Gasteiger partial charge in [-0.1, -0.05) is 6.07 Å². The maximum Gasteiger partial charge on any atom is 0.271 e. The summed E-state index contributed by atoms with van der Waals surface area (Å²) in [5.74, 6) is -0.0897. The van der Waals surface area contributed by atoms with E-state index in [4.69, 9.17) is 0 Å². The van der Waals surface area contributed by atoms with Gasteiger partial charge in [0.25, 0.3) is 5.69 Å². The third-order valence-corrected chi connectivity index (χ3v) is 3.72. The molecule has 1 atom stereocenters. The van der Waals surface area contributed by atoms with Crippen LogP contribution >= 0.6 is 15.9 Å². The largest absolute Gasteiger partial charge is 0.507 e. The number of phenols is 2. The number of hydrogen-bond donors (Lipinski definition) is 3. The average Bonchev–Trinajstić information content (AvgIpc) is 2.40. The molecule has 0 aromatic heterocycles. The number of nitrogens with zero attached hydrogens (tertiary/aromatic N) is 1. The van der Waals surface area contributed by atoms with Crippen LogP contribution in [-0.4, -0.2) is 15.1 Å². The molecular weight excluding hydrogens is 340 g/mol. The van der Waals surface area contributed by atoms with Gasteiger partial charge in [0.05, 0.1) is 22.2 Å². The van der Waals surface area contributed by atoms with Crippen molar-refractivity contribution in [3.8, 4) is 11.5 Å². The van der Waals surface area contributed by atoms with Crippen LogP contribution in [-0.2, 0) is 0 Å². The summed E-state index contributed by atoms with van der Waals surface area (Å²) in [6.07, 6.45) is 0. The van der Waals surface area contributed by atoms with Gasteiger partial charge in [0.1, 0.15) is 11.5 Å². The molecule has 0 bridgehead atoms. The summed E-state index contributed by atoms with van der Waals surface area (Å²) in [6, 6.07) is 8.37. The summed E-state index contributed by atoms with van der Waals surface area (Å²) < 4.78 is 0.648. The summed E-state index contributed by atoms with van der Waals surface area (Å²) in [7, 11) is 0. The minimum Gasteiger partial charge on any atom is -0.507 e. The SMILES string of the molecule is CC(Nc1cc([N+](=O)[O-])ccc1Br)c1c(O)cccc1O. The summed E-state index contributed by atoms with van der Waals surface area (Å²) in [4.78, 5) is 10.3. The van der Waals surface area contributed by atoms with Crippen LogP contribution in [0, 0.1) is 10.1 Å². The molecule has 0 aliphatic carbocycles. The average molecular weight is 353 g/mol. The fraction of sp³-hybridized carbons (Fsp3) is 0.143. The lowest BCUT2D eigenvalue weighted by molar-refractivity contribution is -0.384. The quantitative estimate of drug-likeness (QED) is 0.572. The highest BCUT2D eigenvalue weighted by Crippen LogP contribution is 2.36. The topological polar surface area (TPSA) is 95.6 Å². The molecule has 0 aliphatic rings. The Balaban J connectivity index is 2.33. The minimum atomic E-state index is -0.486. The molecule has 2 aromatic rings. The molecule has 0 saturated carbocycles. The zero-order valence-electron chi connectivity index (χ0n) is 11.1. The summed E-state index contributed by atoms with van der Waals surface area (Å²) in [5.41, 5.74) is 0.782. The number of hydrogen-bond acceptors (Lipinski definition) is 5. The van der Waals surface area contributed by atoms with E-state index in [0.29, 0.717) is 15.7 Å². The Morgan fingerprint density at radius 3 is 2.43 bits per heavy atom. The Kier molecular flexibility index (Phi) is 4.32. The van der Waals surface area contributed by atoms with E-state index < -0.39 is 11.0 Å². The third-order valence-electron chi connectivity index (χ3n) is 3.03. The van der Waals surface area contributed by atoms with Crippen molar-refractivity contribution in [1.82, 2.24) is 0 Å². The van der Waals surface area contributed by atoms with Gasteiger partial charge in [-0.05, 0) is 41.1 Å². The lowest BCUT2D eigenvalue weighted by Gasteiger charge is -2.18. The van der Waals surface area contributed by atoms with Crippen molar-refractivity contribution in [3.63, 3.8) is 0 Å². The zero-order chi connectivity index (χ0) is 15.6. The number of nitro groups is 1. The smallest absolute Gasteiger partial charge is 0.271 e. The van der Waals surface area contributed by atoms with E-state index >= 15 is 0 Å². The Hall–Kier alpha value is -2.28. The number of aromatic hydroxyl groups is 2. The second-order valence-electron chi connectivity index (χ2n) is 4.50. The van der Waals surface area contributed by atoms with Crippen molar-refractivity contribution in [2.75, 3.05) is 5.32 Å². The standard InChI is InChI=1S/C14H13BrN2O4/c1-8(14-12(18)3-2-4-13(14)19)16-11-7-9(17(20)21)5-6-10(11)15/h2-8,16,18-19H,1H3. The third kappa shape index (κ3) is 3.25. The molecule has 2 rings (SSSR count). The molecule has 2 aromatic carbocycles. The maximum atomic E-state index is 10.8. The van der Waals surface area contributed by atoms with Crippen molar-refractivity contribution in [2.45, 2.75) is 13.0 Å². The van der Waals surface area contributed by atoms with Gasteiger partial charge in [0.15, 0.2) is 0 Å². The first-order valence-electron chi connectivity index (χ1n) is 6.11. The molecule has 0 heterocycles. The number of rotatable bonds is 4. The Bertz CT molecular complexity index is 670. The maximum absolute atomic E-state index is 10.8. The van der Waals surface area contributed by atoms with Crippen LogP contribution in [0.5, 0.6) is 11.5 Å². The molecule has 110 valence electrons. The van der Waals surface area contributed by atoms with Crippen LogP contribution < -0.4 is 5.32 Å². The Labute approximate surface area is 129 Å². The summed E-state index contributed by atoms with van der Waals surface area (Å²) in [5, 5.41) is 33.5. The lowest BCUT2D eigenvalue weighted by Crippen LogP contribution is -2.08. The van der Waals surface area contributed by atoms with Crippen LogP contribution in [0.1, 0.15) is 18.5 Å². The van der Waals surface area contributed by atoms with E-state index in [1.165, 1.54) is 30.3 Å². The van der Waals surface area contributed by atoms with E-state index in [0.717, 1.165) is 0 Å². The first-order valence-corrected chi connectivity index (χ1v) is 6.90. The fourth-order valence-electron chi connectivity index (χ4n) is 2.03. The zero-order valence-corrected chi connectivity index (χ0v) is 12.7. The van der Waals surface area contributed by atoms with Gasteiger partial charge < -0.3 is 15.5 Å². The van der Waals surface area contributed by atoms with Crippen LogP contribution in [0.25, 0.3) is 0 Å². The highest BCUT2D eigenvalue weighted by atomic mass is 79.9. The normalized spacial score (nSPS) is 11.9. The van der Waals surface area contributed by atoms with Crippen LogP contribution in [0.3, 0.4) is 0 Å². The number of non-ortho nitro benzene ring substituents is 1. The predicted molar refractivity (Wildman–Crippen MR) is 82.6 cm³/mol. The van der Waals surface area contributed by atoms with Crippen molar-refractivity contribution in [1.29, 1.82) is 0 Å². The molecule has 0 radical (unpaired) electrons. The number of nitro benzene ring substituents is 1. The molecule has 3 N–H and O–H groups in total. The molecule has 0 saturated heterocycles. The summed E-state index contributed by atoms with van der Waals surface area (Å²) in [6.45, 7) is 1.74. The van der Waals surface area contributed by atoms with Crippen molar-refractivity contribution in [3.05, 3.63) is 56.5 Å². The van der Waals surface area contributed by atoms with Crippen LogP contribution in [0.15, 0.2) is 40.9 Å². The second kappa shape index (κ2) is 6.01. The predicted octanol–water partition coefficient (Wildman–Crippen LogP) is 3.94. The Morgan fingerprint density at radius 1 is 1.24 bits per heavy atom. The highest BCUT2D eigenvalue weighted by molar-refractivity contribution is 9.10. The van der Waals surface area contributed by atoms with Gasteiger partial charge in [0, 0.05) is 16.6 Å². The first kappa shape index (κ1) is 15.1. The fourth-order valence-corrected chi connectivity index (χ4v) is 2.39. The number of anilines is 1. The number of phenolic OH excluding ortho intramolecular Hbond substituents is 2. The summed E-state index contributed by atoms with van der Waals surface area (Å²) >= 11 is 3.31. The van der Waals surface area contributed by atoms with Crippen molar-refractivity contribution >= 4 is 27.3 Å². The van der Waals surface area contributed by atoms with Gasteiger partial charge >= 0.3 is 0 Å². The van der Waals surface area contributed by atoms with E-state index in [-0.39, 0.29) is 17.2 Å². The van der Waals surface area contributed by atoms with Crippen LogP contribution in [0.4, 0.5) is 11.4 Å². The van der Waals surface area contributed by atoms with Gasteiger partial charge in [-0.15, -0.1) is 0 Å². The molecule has 0 aliphatic heterocycles. The number of nitrogens with one attached hydrogen (secondary N) is 1. The van der Waals surface area contributed by atoms with Gasteiger partial charge in [-0.25, -0.2) is 0 Å². The van der Waals surface area contributed by atoms with E-state index in [1.807, 2.05) is 0 Å². The molecule has 1 unspecified atom stereocenters. The first-order chi connectivity index (χ1) is 9.90. The van der Waals surface area contributed by atoms with Gasteiger partial charge in [0.2, 0.25) is 0 Å². The van der Waals surface area contributed by atoms with E-state index in [2.05, 4.69) is 21.2 Å². The van der Waals surface area contributed by atoms with E-state index in [9.17, 15) is 20.3 Å². The molecular formula is C14H13BrN2O4. The molecule has 6 nitrogen and oxygen atoms in total. The highest BCUT2D eigenvalue weighted by Gasteiger charge is 2.17.